The number of pyridine rings is 1. The number of nitrogens with one attached hydrogen (secondary N) is 1. The lowest BCUT2D eigenvalue weighted by molar-refractivity contribution is -0.125. The predicted molar refractivity (Wildman–Crippen MR) is 72.3 cm³/mol. The largest absolute Gasteiger partial charge is 0.355 e. The minimum absolute atomic E-state index is 0.0267. The Hall–Kier alpha value is -0.940. The Labute approximate surface area is 115 Å². The molecule has 0 aliphatic carbocycles. The Morgan fingerprint density at radius 2 is 2.28 bits per heavy atom. The maximum absolute atomic E-state index is 12.2. The molecule has 2 atom stereocenters. The monoisotopic (exact) mass is 309 g/mol. The van der Waals surface area contributed by atoms with Gasteiger partial charge in [-0.3, -0.25) is 14.7 Å². The van der Waals surface area contributed by atoms with Gasteiger partial charge in [-0.1, -0.05) is 0 Å². The molecular weight excluding hydrogens is 294 g/mol. The van der Waals surface area contributed by atoms with E-state index in [0.29, 0.717) is 0 Å². The molecule has 0 spiro atoms. The highest BCUT2D eigenvalue weighted by Crippen LogP contribution is 2.33. The molecular formula is C13H16BrN3O. The van der Waals surface area contributed by atoms with E-state index >= 15 is 0 Å². The first kappa shape index (κ1) is 12.1. The second kappa shape index (κ2) is 4.97. The fraction of sp³-hybridized carbons (Fsp3) is 0.538. The van der Waals surface area contributed by atoms with Gasteiger partial charge in [0.2, 0.25) is 5.91 Å². The van der Waals surface area contributed by atoms with E-state index in [4.69, 9.17) is 0 Å². The first-order valence-corrected chi connectivity index (χ1v) is 7.18. The Balaban J connectivity index is 1.88. The summed E-state index contributed by atoms with van der Waals surface area (Å²) < 4.78 is 0.978. The molecule has 2 aliphatic rings. The lowest BCUT2D eigenvalue weighted by atomic mass is 9.95. The van der Waals surface area contributed by atoms with E-state index in [1.807, 2.05) is 18.3 Å². The molecule has 1 N–H and O–H groups in total. The van der Waals surface area contributed by atoms with Gasteiger partial charge in [0.05, 0.1) is 6.04 Å². The highest BCUT2D eigenvalue weighted by molar-refractivity contribution is 9.10. The van der Waals surface area contributed by atoms with Crippen molar-refractivity contribution in [1.82, 2.24) is 15.2 Å². The summed E-state index contributed by atoms with van der Waals surface area (Å²) in [5, 5.41) is 3.01. The molecule has 4 nitrogen and oxygen atoms in total. The van der Waals surface area contributed by atoms with Gasteiger partial charge in [0.1, 0.15) is 0 Å². The Morgan fingerprint density at radius 1 is 1.39 bits per heavy atom. The van der Waals surface area contributed by atoms with Crippen LogP contribution in [0.1, 0.15) is 24.5 Å². The quantitative estimate of drug-likeness (QED) is 0.855. The first-order valence-electron chi connectivity index (χ1n) is 6.39. The van der Waals surface area contributed by atoms with Crippen LogP contribution in [0.5, 0.6) is 0 Å². The summed E-state index contributed by atoms with van der Waals surface area (Å²) in [7, 11) is 0. The lowest BCUT2D eigenvalue weighted by Crippen LogP contribution is -2.42. The van der Waals surface area contributed by atoms with Crippen LogP contribution in [0.2, 0.25) is 0 Å². The number of amides is 1. The molecule has 0 bridgehead atoms. The van der Waals surface area contributed by atoms with Gasteiger partial charge in [0.15, 0.2) is 0 Å². The Morgan fingerprint density at radius 3 is 3.06 bits per heavy atom. The van der Waals surface area contributed by atoms with Crippen LogP contribution >= 0.6 is 15.9 Å². The number of carbonyl (C=O) groups excluding carboxylic acids is 1. The van der Waals surface area contributed by atoms with Crippen LogP contribution in [0.4, 0.5) is 0 Å². The minimum atomic E-state index is -0.0267. The van der Waals surface area contributed by atoms with Gasteiger partial charge in [0.25, 0.3) is 0 Å². The van der Waals surface area contributed by atoms with Gasteiger partial charge in [-0.15, -0.1) is 0 Å². The van der Waals surface area contributed by atoms with Crippen molar-refractivity contribution < 1.29 is 4.79 Å². The molecule has 0 radical (unpaired) electrons. The number of nitrogens with zero attached hydrogens (tertiary/aromatic N) is 2. The number of rotatable bonds is 1. The van der Waals surface area contributed by atoms with Crippen molar-refractivity contribution in [2.24, 2.45) is 0 Å². The summed E-state index contributed by atoms with van der Waals surface area (Å²) in [6.45, 7) is 2.81. The van der Waals surface area contributed by atoms with Crippen LogP contribution in [-0.2, 0) is 4.79 Å². The third kappa shape index (κ3) is 2.17. The summed E-state index contributed by atoms with van der Waals surface area (Å²) in [5.74, 6) is 0.399. The molecule has 0 saturated carbocycles. The standard InChI is InChI=1S/C13H16BrN3O/c14-9-2-3-11(16-8-9)10-4-7-17-6-1-5-15-13(18)12(10)17/h2-3,8,10,12H,1,4-7H2,(H,15,18)/t10-,12-/m1/s1. The fourth-order valence-corrected chi connectivity index (χ4v) is 3.20. The van der Waals surface area contributed by atoms with E-state index in [1.54, 1.807) is 0 Å². The van der Waals surface area contributed by atoms with E-state index in [0.717, 1.165) is 42.6 Å². The van der Waals surface area contributed by atoms with Crippen LogP contribution in [0.3, 0.4) is 0 Å². The molecule has 5 heteroatoms. The maximum atomic E-state index is 12.2. The number of fused-ring (bicyclic) bond motifs is 1. The van der Waals surface area contributed by atoms with E-state index in [9.17, 15) is 4.79 Å². The number of hydrogen-bond acceptors (Lipinski definition) is 3. The van der Waals surface area contributed by atoms with E-state index < -0.39 is 0 Å². The predicted octanol–water partition coefficient (Wildman–Crippen LogP) is 1.52. The number of aromatic nitrogens is 1. The molecule has 2 fully saturated rings. The smallest absolute Gasteiger partial charge is 0.238 e. The van der Waals surface area contributed by atoms with Crippen molar-refractivity contribution in [3.63, 3.8) is 0 Å². The van der Waals surface area contributed by atoms with Crippen molar-refractivity contribution in [2.75, 3.05) is 19.6 Å². The van der Waals surface area contributed by atoms with E-state index in [-0.39, 0.29) is 17.9 Å². The molecule has 18 heavy (non-hydrogen) atoms. The zero-order valence-corrected chi connectivity index (χ0v) is 11.7. The molecule has 2 saturated heterocycles. The number of halogens is 1. The van der Waals surface area contributed by atoms with Crippen LogP contribution in [0.25, 0.3) is 0 Å². The summed E-state index contributed by atoms with van der Waals surface area (Å²) in [5.41, 5.74) is 1.03. The highest BCUT2D eigenvalue weighted by Gasteiger charge is 2.41. The van der Waals surface area contributed by atoms with Crippen LogP contribution in [0.15, 0.2) is 22.8 Å². The zero-order valence-electron chi connectivity index (χ0n) is 10.1. The molecule has 1 amide bonds. The molecule has 1 aromatic heterocycles. The minimum Gasteiger partial charge on any atom is -0.355 e. The number of hydrogen-bond donors (Lipinski definition) is 1. The summed E-state index contributed by atoms with van der Waals surface area (Å²) in [6, 6.07) is 4.00. The molecule has 0 unspecified atom stereocenters. The molecule has 1 aromatic rings. The molecule has 96 valence electrons. The van der Waals surface area contributed by atoms with Crippen LogP contribution < -0.4 is 5.32 Å². The Kier molecular flexibility index (Phi) is 3.35. The third-order valence-corrected chi connectivity index (χ3v) is 4.29. The van der Waals surface area contributed by atoms with Gasteiger partial charge in [-0.05, 0) is 47.4 Å². The average Bonchev–Trinajstić information content (AvgIpc) is 2.71. The Bertz CT molecular complexity index is 448. The SMILES string of the molecule is O=C1NCCCN2CC[C@H](c3ccc(Br)cn3)[C@H]12. The van der Waals surface area contributed by atoms with Crippen LogP contribution in [0, 0.1) is 0 Å². The highest BCUT2D eigenvalue weighted by atomic mass is 79.9. The zero-order chi connectivity index (χ0) is 12.5. The van der Waals surface area contributed by atoms with Crippen molar-refractivity contribution in [2.45, 2.75) is 24.8 Å². The van der Waals surface area contributed by atoms with Crippen LogP contribution in [-0.4, -0.2) is 41.5 Å². The molecule has 3 rings (SSSR count). The fourth-order valence-electron chi connectivity index (χ4n) is 2.97. The van der Waals surface area contributed by atoms with E-state index in [1.165, 1.54) is 0 Å². The van der Waals surface area contributed by atoms with Gasteiger partial charge in [-0.2, -0.15) is 0 Å². The lowest BCUT2D eigenvalue weighted by Gasteiger charge is -2.23. The second-order valence-electron chi connectivity index (χ2n) is 4.92. The van der Waals surface area contributed by atoms with Crippen molar-refractivity contribution in [1.29, 1.82) is 0 Å². The second-order valence-corrected chi connectivity index (χ2v) is 5.84. The summed E-state index contributed by atoms with van der Waals surface area (Å²) in [4.78, 5) is 18.9. The van der Waals surface area contributed by atoms with Crippen molar-refractivity contribution >= 4 is 21.8 Å². The molecule has 0 aromatic carbocycles. The maximum Gasteiger partial charge on any atom is 0.238 e. The van der Waals surface area contributed by atoms with Gasteiger partial charge in [0, 0.05) is 35.4 Å². The normalized spacial score (nSPS) is 28.6. The van der Waals surface area contributed by atoms with E-state index in [2.05, 4.69) is 31.1 Å². The van der Waals surface area contributed by atoms with Gasteiger partial charge in [-0.25, -0.2) is 0 Å². The average molecular weight is 310 g/mol. The summed E-state index contributed by atoms with van der Waals surface area (Å²) in [6.07, 6.45) is 3.88. The topological polar surface area (TPSA) is 45.2 Å². The third-order valence-electron chi connectivity index (χ3n) is 3.82. The van der Waals surface area contributed by atoms with Crippen molar-refractivity contribution in [3.05, 3.63) is 28.5 Å². The molecule has 2 aliphatic heterocycles. The first-order chi connectivity index (χ1) is 8.75. The van der Waals surface area contributed by atoms with Crippen molar-refractivity contribution in [3.8, 4) is 0 Å². The van der Waals surface area contributed by atoms with Gasteiger partial charge >= 0.3 is 0 Å². The van der Waals surface area contributed by atoms with Gasteiger partial charge < -0.3 is 5.32 Å². The summed E-state index contributed by atoms with van der Waals surface area (Å²) >= 11 is 3.40. The number of carbonyl (C=O) groups is 1. The molecule has 3 heterocycles.